The van der Waals surface area contributed by atoms with E-state index in [1.54, 1.807) is 11.4 Å². The first-order chi connectivity index (χ1) is 10.2. The minimum atomic E-state index is -0.485. The average Bonchev–Trinajstić information content (AvgIpc) is 3.12. The van der Waals surface area contributed by atoms with Gasteiger partial charge in [-0.25, -0.2) is 4.79 Å². The molecule has 0 spiro atoms. The van der Waals surface area contributed by atoms with Gasteiger partial charge >= 0.3 is 5.69 Å². The minimum absolute atomic E-state index is 0.0991. The molecule has 3 heterocycles. The molecule has 0 aliphatic rings. The lowest BCUT2D eigenvalue weighted by atomic mass is 10.4. The summed E-state index contributed by atoms with van der Waals surface area (Å²) in [6, 6.07) is 3.22. The predicted octanol–water partition coefficient (Wildman–Crippen LogP) is -0.0956. The number of aromatic nitrogens is 4. The van der Waals surface area contributed by atoms with Gasteiger partial charge in [-0.2, -0.15) is 5.10 Å². The number of rotatable bonds is 4. The number of thiophene rings is 1. The number of amides is 1. The van der Waals surface area contributed by atoms with Crippen molar-refractivity contribution >= 4 is 27.5 Å². The molecule has 0 atom stereocenters. The van der Waals surface area contributed by atoms with Gasteiger partial charge in [0.15, 0.2) is 0 Å². The summed E-state index contributed by atoms with van der Waals surface area (Å²) in [5, 5.41) is 10.6. The van der Waals surface area contributed by atoms with E-state index in [4.69, 9.17) is 0 Å². The summed E-state index contributed by atoms with van der Waals surface area (Å²) in [5.41, 5.74) is 0.0268. The van der Waals surface area contributed by atoms with Crippen molar-refractivity contribution in [2.45, 2.75) is 6.54 Å². The summed E-state index contributed by atoms with van der Waals surface area (Å²) in [4.78, 5) is 38.3. The molecule has 3 N–H and O–H groups in total. The first-order valence-corrected chi connectivity index (χ1v) is 7.02. The number of hydrogen-bond acceptors (Lipinski definition) is 5. The normalized spacial score (nSPS) is 10.9. The van der Waals surface area contributed by atoms with Crippen LogP contribution in [0.4, 0.5) is 0 Å². The highest BCUT2D eigenvalue weighted by Crippen LogP contribution is 2.11. The van der Waals surface area contributed by atoms with Crippen molar-refractivity contribution in [1.29, 1.82) is 0 Å². The lowest BCUT2D eigenvalue weighted by molar-refractivity contribution is 0.0947. The van der Waals surface area contributed by atoms with Gasteiger partial charge in [-0.1, -0.05) is 0 Å². The van der Waals surface area contributed by atoms with Crippen molar-refractivity contribution in [2.75, 3.05) is 6.54 Å². The summed E-state index contributed by atoms with van der Waals surface area (Å²) in [6.07, 6.45) is 1.47. The molecule has 0 fully saturated rings. The molecule has 9 heteroatoms. The molecule has 3 aromatic rings. The lowest BCUT2D eigenvalue weighted by Crippen LogP contribution is -2.38. The Morgan fingerprint density at radius 1 is 1.38 bits per heavy atom. The monoisotopic (exact) mass is 305 g/mol. The molecule has 8 nitrogen and oxygen atoms in total. The molecule has 0 saturated carbocycles. The van der Waals surface area contributed by atoms with E-state index < -0.39 is 5.69 Å². The summed E-state index contributed by atoms with van der Waals surface area (Å²) >= 11 is 1.27. The summed E-state index contributed by atoms with van der Waals surface area (Å²) in [6.45, 7) is 0.263. The number of carbonyl (C=O) groups excluding carboxylic acids is 1. The maximum Gasteiger partial charge on any atom is 0.328 e. The maximum atomic E-state index is 12.1. The Kier molecular flexibility index (Phi) is 3.40. The largest absolute Gasteiger partial charge is 0.349 e. The maximum absolute atomic E-state index is 12.1. The molecule has 0 aromatic carbocycles. The van der Waals surface area contributed by atoms with Crippen LogP contribution in [0.1, 0.15) is 10.5 Å². The number of fused-ring (bicyclic) bond motifs is 1. The third-order valence-corrected chi connectivity index (χ3v) is 3.86. The molecule has 21 heavy (non-hydrogen) atoms. The van der Waals surface area contributed by atoms with E-state index in [1.165, 1.54) is 23.6 Å². The Morgan fingerprint density at radius 3 is 3.00 bits per heavy atom. The van der Waals surface area contributed by atoms with Gasteiger partial charge in [0.1, 0.15) is 10.4 Å². The number of carbonyl (C=O) groups is 1. The molecule has 0 aliphatic carbocycles. The first-order valence-electron chi connectivity index (χ1n) is 6.15. The van der Waals surface area contributed by atoms with Gasteiger partial charge < -0.3 is 10.3 Å². The van der Waals surface area contributed by atoms with Crippen LogP contribution in [0.25, 0.3) is 10.2 Å². The predicted molar refractivity (Wildman–Crippen MR) is 77.6 cm³/mol. The third-order valence-electron chi connectivity index (χ3n) is 2.96. The molecule has 3 rings (SSSR count). The van der Waals surface area contributed by atoms with Crippen molar-refractivity contribution in [2.24, 2.45) is 0 Å². The number of aromatic amines is 2. The Labute approximate surface area is 121 Å². The molecular formula is C12H11N5O3S. The van der Waals surface area contributed by atoms with Crippen molar-refractivity contribution in [3.8, 4) is 0 Å². The summed E-state index contributed by atoms with van der Waals surface area (Å²) < 4.78 is 1.57. The van der Waals surface area contributed by atoms with E-state index in [2.05, 4.69) is 20.5 Å². The quantitative estimate of drug-likeness (QED) is 0.625. The number of hydrogen-bond donors (Lipinski definition) is 3. The van der Waals surface area contributed by atoms with Crippen molar-refractivity contribution < 1.29 is 4.79 Å². The van der Waals surface area contributed by atoms with Crippen molar-refractivity contribution in [3.05, 3.63) is 50.2 Å². The second-order valence-electron chi connectivity index (χ2n) is 4.28. The lowest BCUT2D eigenvalue weighted by Gasteiger charge is -2.06. The topological polar surface area (TPSA) is 113 Å². The van der Waals surface area contributed by atoms with Crippen LogP contribution in [0.5, 0.6) is 0 Å². The van der Waals surface area contributed by atoms with E-state index in [0.29, 0.717) is 15.9 Å². The molecular weight excluding hydrogens is 294 g/mol. The van der Waals surface area contributed by atoms with Crippen LogP contribution in [0, 0.1) is 0 Å². The Balaban J connectivity index is 1.75. The van der Waals surface area contributed by atoms with Crippen LogP contribution < -0.4 is 16.6 Å². The molecule has 1 amide bonds. The second kappa shape index (κ2) is 5.37. The summed E-state index contributed by atoms with van der Waals surface area (Å²) in [7, 11) is 0. The van der Waals surface area contributed by atoms with Crippen molar-refractivity contribution in [1.82, 2.24) is 25.1 Å². The third kappa shape index (κ3) is 2.50. The second-order valence-corrected chi connectivity index (χ2v) is 5.19. The van der Waals surface area contributed by atoms with Gasteiger partial charge in [0.05, 0.1) is 5.52 Å². The van der Waals surface area contributed by atoms with E-state index in [0.717, 1.165) is 4.57 Å². The van der Waals surface area contributed by atoms with Gasteiger partial charge in [0.25, 0.3) is 11.5 Å². The fourth-order valence-electron chi connectivity index (χ4n) is 1.93. The zero-order valence-electron chi connectivity index (χ0n) is 10.8. The highest BCUT2D eigenvalue weighted by molar-refractivity contribution is 7.17. The highest BCUT2D eigenvalue weighted by Gasteiger charge is 2.10. The van der Waals surface area contributed by atoms with E-state index in [9.17, 15) is 14.4 Å². The van der Waals surface area contributed by atoms with Gasteiger partial charge in [-0.3, -0.25) is 19.3 Å². The van der Waals surface area contributed by atoms with E-state index >= 15 is 0 Å². The van der Waals surface area contributed by atoms with Crippen LogP contribution in [0.3, 0.4) is 0 Å². The van der Waals surface area contributed by atoms with Crippen LogP contribution in [-0.2, 0) is 6.54 Å². The van der Waals surface area contributed by atoms with Gasteiger partial charge in [0.2, 0.25) is 0 Å². The van der Waals surface area contributed by atoms with Gasteiger partial charge in [-0.15, -0.1) is 11.3 Å². The Hall–Kier alpha value is -2.68. The molecule has 0 unspecified atom stereocenters. The molecule has 3 aromatic heterocycles. The number of nitrogens with zero attached hydrogens (tertiary/aromatic N) is 2. The zero-order chi connectivity index (χ0) is 14.8. The average molecular weight is 305 g/mol. The molecule has 0 radical (unpaired) electrons. The van der Waals surface area contributed by atoms with E-state index in [1.807, 2.05) is 0 Å². The van der Waals surface area contributed by atoms with Crippen molar-refractivity contribution in [3.63, 3.8) is 0 Å². The highest BCUT2D eigenvalue weighted by atomic mass is 32.1. The zero-order valence-corrected chi connectivity index (χ0v) is 11.6. The SMILES string of the molecule is O=C(NCCn1c(=O)[nH]c2ccsc2c1=O)c1ccn[nH]1. The molecule has 0 aliphatic heterocycles. The van der Waals surface area contributed by atoms with Gasteiger partial charge in [-0.05, 0) is 17.5 Å². The Bertz CT molecular complexity index is 890. The number of H-pyrrole nitrogens is 2. The number of nitrogens with one attached hydrogen (secondary N) is 3. The standard InChI is InChI=1S/C12H11N5O3S/c18-10(8-1-3-14-16-8)13-4-5-17-11(19)9-7(2-6-21-9)15-12(17)20/h1-3,6H,4-5H2,(H,13,18)(H,14,16)(H,15,20). The fourth-order valence-corrected chi connectivity index (χ4v) is 2.73. The fraction of sp³-hybridized carbons (Fsp3) is 0.167. The smallest absolute Gasteiger partial charge is 0.328 e. The van der Waals surface area contributed by atoms with Crippen LogP contribution >= 0.6 is 11.3 Å². The van der Waals surface area contributed by atoms with Gasteiger partial charge in [0, 0.05) is 19.3 Å². The Morgan fingerprint density at radius 2 is 2.24 bits per heavy atom. The van der Waals surface area contributed by atoms with E-state index in [-0.39, 0.29) is 24.6 Å². The summed E-state index contributed by atoms with van der Waals surface area (Å²) in [5.74, 6) is -0.339. The minimum Gasteiger partial charge on any atom is -0.349 e. The molecule has 0 bridgehead atoms. The van der Waals surface area contributed by atoms with Crippen LogP contribution in [0.15, 0.2) is 33.3 Å². The van der Waals surface area contributed by atoms with Crippen LogP contribution in [-0.4, -0.2) is 32.2 Å². The molecule has 0 saturated heterocycles. The van der Waals surface area contributed by atoms with Crippen LogP contribution in [0.2, 0.25) is 0 Å². The first kappa shape index (κ1) is 13.3. The molecule has 108 valence electrons.